The first-order valence-electron chi connectivity index (χ1n) is 7.90. The molecule has 0 heterocycles. The summed E-state index contributed by atoms with van der Waals surface area (Å²) in [5, 5.41) is 11.5. The van der Waals surface area contributed by atoms with Crippen molar-refractivity contribution in [1.29, 1.82) is 0 Å². The summed E-state index contributed by atoms with van der Waals surface area (Å²) in [5.74, 6) is -19.0. The molecule has 0 aliphatic carbocycles. The van der Waals surface area contributed by atoms with Crippen LogP contribution in [0.4, 0.5) is 39.5 Å². The Hall–Kier alpha value is -2.23. The molecule has 0 aromatic heterocycles. The molecule has 0 aliphatic heterocycles. The van der Waals surface area contributed by atoms with Gasteiger partial charge in [-0.1, -0.05) is 12.1 Å². The van der Waals surface area contributed by atoms with Crippen LogP contribution >= 0.6 is 0 Å². The molecule has 0 spiro atoms. The lowest BCUT2D eigenvalue weighted by molar-refractivity contribution is -0.324. The van der Waals surface area contributed by atoms with Gasteiger partial charge in [-0.2, -0.15) is 52.3 Å². The standard InChI is InChI=1S/C15H14F9NO5S/c1-2-29-7-12(16,17)14(20,21)13(18,19)8-30-10-5-3-9(4-6-10)11(26)25-31(27,28)15(22,23)24/h3-6H,2,7-8H2,1H3,(H,25,26)/p-1. The first kappa shape index (κ1) is 26.8. The van der Waals surface area contributed by atoms with E-state index in [9.17, 15) is 53.0 Å². The molecule has 0 bridgehead atoms. The van der Waals surface area contributed by atoms with Crippen molar-refractivity contribution in [2.24, 2.45) is 4.40 Å². The average molecular weight is 490 g/mol. The van der Waals surface area contributed by atoms with E-state index < -0.39 is 70.3 Å². The van der Waals surface area contributed by atoms with Crippen LogP contribution in [0.1, 0.15) is 12.5 Å². The third-order valence-electron chi connectivity index (χ3n) is 3.42. The van der Waals surface area contributed by atoms with Gasteiger partial charge < -0.3 is 14.6 Å². The summed E-state index contributed by atoms with van der Waals surface area (Å²) >= 11 is 0. The first-order valence-corrected chi connectivity index (χ1v) is 9.34. The van der Waals surface area contributed by atoms with Crippen molar-refractivity contribution in [3.8, 4) is 5.75 Å². The second kappa shape index (κ2) is 9.10. The van der Waals surface area contributed by atoms with Crippen LogP contribution in [0, 0.1) is 0 Å². The minimum atomic E-state index is -6.14. The number of benzene rings is 1. The number of alkyl halides is 9. The van der Waals surface area contributed by atoms with Gasteiger partial charge in [0, 0.05) is 12.5 Å². The first-order chi connectivity index (χ1) is 13.9. The molecule has 0 atom stereocenters. The zero-order chi connectivity index (χ0) is 24.3. The summed E-state index contributed by atoms with van der Waals surface area (Å²) in [6, 6.07) is 2.42. The topological polar surface area (TPSA) is 88.0 Å². The minimum absolute atomic E-state index is 0.435. The quantitative estimate of drug-likeness (QED) is 0.286. The summed E-state index contributed by atoms with van der Waals surface area (Å²) in [5.41, 5.74) is -6.59. The van der Waals surface area contributed by atoms with Crippen molar-refractivity contribution in [2.75, 3.05) is 19.8 Å². The van der Waals surface area contributed by atoms with Gasteiger partial charge in [0.15, 0.2) is 6.61 Å². The molecule has 1 aromatic rings. The van der Waals surface area contributed by atoms with Gasteiger partial charge in [-0.25, -0.2) is 0 Å². The van der Waals surface area contributed by atoms with Crippen molar-refractivity contribution in [3.05, 3.63) is 29.8 Å². The second-order valence-electron chi connectivity index (χ2n) is 5.75. The lowest BCUT2D eigenvalue weighted by Gasteiger charge is -2.32. The summed E-state index contributed by atoms with van der Waals surface area (Å²) < 4.78 is 150. The van der Waals surface area contributed by atoms with Crippen LogP contribution in [0.25, 0.3) is 0 Å². The van der Waals surface area contributed by atoms with Gasteiger partial charge in [0.25, 0.3) is 0 Å². The lowest BCUT2D eigenvalue weighted by atomic mass is 10.1. The van der Waals surface area contributed by atoms with E-state index in [0.29, 0.717) is 24.3 Å². The van der Waals surface area contributed by atoms with Gasteiger partial charge in [-0.3, -0.25) is 0 Å². The molecule has 0 fully saturated rings. The van der Waals surface area contributed by atoms with Gasteiger partial charge in [-0.05, 0) is 24.6 Å². The van der Waals surface area contributed by atoms with Crippen molar-refractivity contribution < 1.29 is 62.5 Å². The summed E-state index contributed by atoms with van der Waals surface area (Å²) in [4.78, 5) is 0. The Kier molecular flexibility index (Phi) is 7.87. The molecule has 0 saturated carbocycles. The third-order valence-corrected chi connectivity index (χ3v) is 4.41. The number of hydrogen-bond donors (Lipinski definition) is 0. The molecular weight excluding hydrogens is 477 g/mol. The van der Waals surface area contributed by atoms with E-state index in [-0.39, 0.29) is 0 Å². The number of rotatable bonds is 10. The number of hydrogen-bond acceptors (Lipinski definition) is 5. The van der Waals surface area contributed by atoms with E-state index in [0.717, 1.165) is 0 Å². The number of nitrogens with zero attached hydrogens (tertiary/aromatic N) is 1. The zero-order valence-corrected chi connectivity index (χ0v) is 16.0. The largest absolute Gasteiger partial charge is 0.858 e. The van der Waals surface area contributed by atoms with Gasteiger partial charge in [0.05, 0.1) is 0 Å². The van der Waals surface area contributed by atoms with Gasteiger partial charge in [0.1, 0.15) is 12.4 Å². The molecule has 0 saturated heterocycles. The maximum Gasteiger partial charge on any atom is 0.518 e. The molecule has 0 radical (unpaired) electrons. The molecule has 1 rings (SSSR count). The molecule has 0 N–H and O–H groups in total. The summed E-state index contributed by atoms with van der Waals surface area (Å²) in [6.45, 7) is -3.47. The number of halogens is 9. The van der Waals surface area contributed by atoms with Crippen LogP contribution in [0.15, 0.2) is 28.7 Å². The normalized spacial score (nSPS) is 14.6. The van der Waals surface area contributed by atoms with Crippen LogP contribution in [0.3, 0.4) is 0 Å². The molecule has 16 heteroatoms. The smallest absolute Gasteiger partial charge is 0.518 e. The van der Waals surface area contributed by atoms with E-state index in [4.69, 9.17) is 0 Å². The van der Waals surface area contributed by atoms with E-state index >= 15 is 0 Å². The van der Waals surface area contributed by atoms with Gasteiger partial charge in [0.2, 0.25) is 0 Å². The van der Waals surface area contributed by atoms with Crippen LogP contribution in [0.5, 0.6) is 5.75 Å². The molecule has 178 valence electrons. The Morgan fingerprint density at radius 1 is 0.935 bits per heavy atom. The van der Waals surface area contributed by atoms with Crippen molar-refractivity contribution >= 4 is 15.9 Å². The second-order valence-corrected chi connectivity index (χ2v) is 7.35. The molecule has 0 amide bonds. The fourth-order valence-corrected chi connectivity index (χ4v) is 2.19. The summed E-state index contributed by atoms with van der Waals surface area (Å²) in [6.07, 6.45) is 0. The monoisotopic (exact) mass is 490 g/mol. The lowest BCUT2D eigenvalue weighted by Crippen LogP contribution is -2.58. The molecule has 0 unspecified atom stereocenters. The average Bonchev–Trinajstić information content (AvgIpc) is 2.63. The van der Waals surface area contributed by atoms with Crippen LogP contribution in [-0.2, 0) is 14.8 Å². The Bertz CT molecular complexity index is 883. The predicted octanol–water partition coefficient (Wildman–Crippen LogP) is 2.96. The van der Waals surface area contributed by atoms with E-state index in [1.165, 1.54) is 6.92 Å². The molecule has 31 heavy (non-hydrogen) atoms. The van der Waals surface area contributed by atoms with Crippen molar-refractivity contribution in [2.45, 2.75) is 30.2 Å². The Morgan fingerprint density at radius 2 is 1.42 bits per heavy atom. The molecule has 6 nitrogen and oxygen atoms in total. The zero-order valence-electron chi connectivity index (χ0n) is 15.2. The Balaban J connectivity index is 2.95. The maximum absolute atomic E-state index is 13.7. The molecule has 0 aliphatic rings. The van der Waals surface area contributed by atoms with Gasteiger partial charge in [-0.15, -0.1) is 0 Å². The van der Waals surface area contributed by atoms with E-state index in [1.54, 1.807) is 0 Å². The van der Waals surface area contributed by atoms with Crippen molar-refractivity contribution in [3.63, 3.8) is 0 Å². The highest BCUT2D eigenvalue weighted by Crippen LogP contribution is 2.46. The van der Waals surface area contributed by atoms with Gasteiger partial charge >= 0.3 is 33.3 Å². The van der Waals surface area contributed by atoms with E-state index in [2.05, 4.69) is 9.47 Å². The van der Waals surface area contributed by atoms with Crippen LogP contribution in [-0.4, -0.2) is 57.4 Å². The highest BCUT2D eigenvalue weighted by molar-refractivity contribution is 7.91. The summed E-state index contributed by atoms with van der Waals surface area (Å²) in [7, 11) is -6.14. The maximum atomic E-state index is 13.7. The van der Waals surface area contributed by atoms with Crippen molar-refractivity contribution in [1.82, 2.24) is 0 Å². The number of sulfonamides is 1. The third kappa shape index (κ3) is 6.15. The highest BCUT2D eigenvalue weighted by Gasteiger charge is 2.71. The molecule has 1 aromatic carbocycles. The Morgan fingerprint density at radius 3 is 1.87 bits per heavy atom. The minimum Gasteiger partial charge on any atom is -0.858 e. The molecular formula is C15H13F9NO5S-. The Labute approximate surface area is 169 Å². The highest BCUT2D eigenvalue weighted by atomic mass is 32.2. The fraction of sp³-hybridized carbons (Fsp3) is 0.533. The SMILES string of the molecule is CCOCC(F)(F)C(F)(F)C(F)(F)COc1ccc(/C([O-])=N/S(=O)(=O)C(F)(F)F)cc1. The predicted molar refractivity (Wildman–Crippen MR) is 84.8 cm³/mol. The van der Waals surface area contributed by atoms with E-state index in [1.807, 2.05) is 4.40 Å². The fourth-order valence-electron chi connectivity index (χ4n) is 1.76. The number of ether oxygens (including phenoxy) is 2. The van der Waals surface area contributed by atoms with Crippen LogP contribution < -0.4 is 9.84 Å². The van der Waals surface area contributed by atoms with Crippen LogP contribution in [0.2, 0.25) is 0 Å².